The third-order valence-electron chi connectivity index (χ3n) is 5.38. The number of hydrogen-bond donors (Lipinski definition) is 0. The molecule has 4 unspecified atom stereocenters. The molecule has 4 atom stereocenters. The normalized spacial score (nSPS) is 48.2. The fraction of sp³-hybridized carbons (Fsp3) is 1.00. The third-order valence-corrected chi connectivity index (χ3v) is 5.38. The largest absolute Gasteiger partial charge is 0.0625 e. The molecule has 0 nitrogen and oxygen atoms in total. The molecular formula is C14H26. The van der Waals surface area contributed by atoms with Crippen molar-refractivity contribution >= 4 is 0 Å². The summed E-state index contributed by atoms with van der Waals surface area (Å²) in [5, 5.41) is 0. The van der Waals surface area contributed by atoms with Gasteiger partial charge in [-0.15, -0.1) is 0 Å². The molecule has 2 aliphatic rings. The third kappa shape index (κ3) is 1.61. The average molecular weight is 194 g/mol. The van der Waals surface area contributed by atoms with Gasteiger partial charge in [-0.2, -0.15) is 0 Å². The van der Waals surface area contributed by atoms with Crippen LogP contribution < -0.4 is 0 Å². The van der Waals surface area contributed by atoms with Gasteiger partial charge in [-0.1, -0.05) is 27.7 Å². The van der Waals surface area contributed by atoms with Crippen molar-refractivity contribution in [2.45, 2.75) is 59.8 Å². The lowest BCUT2D eigenvalue weighted by atomic mass is 9.54. The maximum atomic E-state index is 2.55. The number of fused-ring (bicyclic) bond motifs is 2. The molecule has 0 spiro atoms. The lowest BCUT2D eigenvalue weighted by Crippen LogP contribution is -2.42. The molecule has 0 radical (unpaired) electrons. The van der Waals surface area contributed by atoms with Gasteiger partial charge in [-0.05, 0) is 61.2 Å². The molecule has 2 rings (SSSR count). The van der Waals surface area contributed by atoms with Crippen molar-refractivity contribution in [1.82, 2.24) is 0 Å². The van der Waals surface area contributed by atoms with Gasteiger partial charge in [-0.25, -0.2) is 0 Å². The Morgan fingerprint density at radius 2 is 1.86 bits per heavy atom. The summed E-state index contributed by atoms with van der Waals surface area (Å²) >= 11 is 0. The highest BCUT2D eigenvalue weighted by Crippen LogP contribution is 2.54. The summed E-state index contributed by atoms with van der Waals surface area (Å²) < 4.78 is 0. The van der Waals surface area contributed by atoms with Gasteiger partial charge in [0.05, 0.1) is 0 Å². The standard InChI is InChI=1S/C14H26/c1-10(2)14(4)6-5-12-7-11(3)8-13(14)9-12/h10-13H,5-9H2,1-4H3. The Bertz CT molecular complexity index is 204. The second-order valence-corrected chi connectivity index (χ2v) is 6.57. The lowest BCUT2D eigenvalue weighted by molar-refractivity contribution is -0.0132. The van der Waals surface area contributed by atoms with Gasteiger partial charge in [0.1, 0.15) is 0 Å². The van der Waals surface area contributed by atoms with E-state index >= 15 is 0 Å². The highest BCUT2D eigenvalue weighted by Gasteiger charge is 2.44. The first-order valence-corrected chi connectivity index (χ1v) is 6.52. The Hall–Kier alpha value is 0. The average Bonchev–Trinajstić information content (AvgIpc) is 2.11. The molecule has 0 heterocycles. The summed E-state index contributed by atoms with van der Waals surface area (Å²) in [6.45, 7) is 9.88. The molecule has 14 heavy (non-hydrogen) atoms. The fourth-order valence-corrected chi connectivity index (χ4v) is 4.00. The monoisotopic (exact) mass is 194 g/mol. The maximum Gasteiger partial charge on any atom is -0.0274 e. The summed E-state index contributed by atoms with van der Waals surface area (Å²) in [6.07, 6.45) is 7.57. The van der Waals surface area contributed by atoms with Crippen LogP contribution >= 0.6 is 0 Å². The lowest BCUT2D eigenvalue weighted by Gasteiger charge is -2.51. The van der Waals surface area contributed by atoms with E-state index in [1.807, 2.05) is 0 Å². The first kappa shape index (κ1) is 10.5. The van der Waals surface area contributed by atoms with Gasteiger partial charge in [0.25, 0.3) is 0 Å². The van der Waals surface area contributed by atoms with Crippen LogP contribution in [0.15, 0.2) is 0 Å². The molecule has 0 N–H and O–H groups in total. The van der Waals surface area contributed by atoms with Crippen molar-refractivity contribution in [1.29, 1.82) is 0 Å². The first-order valence-electron chi connectivity index (χ1n) is 6.52. The molecular weight excluding hydrogens is 168 g/mol. The van der Waals surface area contributed by atoms with Crippen molar-refractivity contribution < 1.29 is 0 Å². The van der Waals surface area contributed by atoms with Crippen molar-refractivity contribution in [2.75, 3.05) is 0 Å². The van der Waals surface area contributed by atoms with Crippen LogP contribution in [0.3, 0.4) is 0 Å². The van der Waals surface area contributed by atoms with Crippen LogP contribution in [-0.2, 0) is 0 Å². The summed E-state index contributed by atoms with van der Waals surface area (Å²) in [5.74, 6) is 3.98. The van der Waals surface area contributed by atoms with E-state index < -0.39 is 0 Å². The Morgan fingerprint density at radius 3 is 2.50 bits per heavy atom. The smallest absolute Gasteiger partial charge is 0.0274 e. The van der Waals surface area contributed by atoms with E-state index in [2.05, 4.69) is 27.7 Å². The van der Waals surface area contributed by atoms with E-state index in [4.69, 9.17) is 0 Å². The molecule has 0 aromatic rings. The second-order valence-electron chi connectivity index (χ2n) is 6.57. The minimum atomic E-state index is 0.658. The van der Waals surface area contributed by atoms with E-state index in [-0.39, 0.29) is 0 Å². The molecule has 2 saturated carbocycles. The summed E-state index contributed by atoms with van der Waals surface area (Å²) in [4.78, 5) is 0. The maximum absolute atomic E-state index is 2.55. The zero-order valence-electron chi connectivity index (χ0n) is 10.3. The quantitative estimate of drug-likeness (QED) is 0.577. The SMILES string of the molecule is CC1CC2CCC(C)(C(C)C)C(C1)C2. The Labute approximate surface area is 89.5 Å². The topological polar surface area (TPSA) is 0 Å². The van der Waals surface area contributed by atoms with Crippen molar-refractivity contribution in [2.24, 2.45) is 29.1 Å². The number of rotatable bonds is 1. The van der Waals surface area contributed by atoms with Crippen molar-refractivity contribution in [3.8, 4) is 0 Å². The van der Waals surface area contributed by atoms with Gasteiger partial charge < -0.3 is 0 Å². The Kier molecular flexibility index (Phi) is 2.66. The molecule has 2 aliphatic carbocycles. The van der Waals surface area contributed by atoms with Gasteiger partial charge in [0, 0.05) is 0 Å². The zero-order chi connectivity index (χ0) is 10.3. The molecule has 2 fully saturated rings. The molecule has 82 valence electrons. The van der Waals surface area contributed by atoms with Crippen molar-refractivity contribution in [3.63, 3.8) is 0 Å². The predicted molar refractivity (Wildman–Crippen MR) is 62.2 cm³/mol. The summed E-state index contributed by atoms with van der Waals surface area (Å²) in [6, 6.07) is 0. The number of hydrogen-bond acceptors (Lipinski definition) is 0. The Balaban J connectivity index is 2.14. The van der Waals surface area contributed by atoms with Crippen LogP contribution in [0.5, 0.6) is 0 Å². The second kappa shape index (κ2) is 3.54. The molecule has 0 heteroatoms. The Morgan fingerprint density at radius 1 is 1.14 bits per heavy atom. The van der Waals surface area contributed by atoms with E-state index in [1.165, 1.54) is 25.7 Å². The van der Waals surface area contributed by atoms with E-state index in [9.17, 15) is 0 Å². The molecule has 0 aliphatic heterocycles. The van der Waals surface area contributed by atoms with Gasteiger partial charge in [0.15, 0.2) is 0 Å². The van der Waals surface area contributed by atoms with Crippen LogP contribution in [0.2, 0.25) is 0 Å². The predicted octanol–water partition coefficient (Wildman–Crippen LogP) is 4.49. The summed E-state index contributed by atoms with van der Waals surface area (Å²) in [7, 11) is 0. The van der Waals surface area contributed by atoms with Crippen molar-refractivity contribution in [3.05, 3.63) is 0 Å². The van der Waals surface area contributed by atoms with Gasteiger partial charge >= 0.3 is 0 Å². The van der Waals surface area contributed by atoms with Gasteiger partial charge in [0.2, 0.25) is 0 Å². The van der Waals surface area contributed by atoms with Crippen LogP contribution in [-0.4, -0.2) is 0 Å². The molecule has 0 saturated heterocycles. The minimum absolute atomic E-state index is 0.658. The van der Waals surface area contributed by atoms with Crippen LogP contribution in [0.25, 0.3) is 0 Å². The van der Waals surface area contributed by atoms with E-state index in [0.717, 1.165) is 23.7 Å². The highest BCUT2D eigenvalue weighted by molar-refractivity contribution is 4.94. The van der Waals surface area contributed by atoms with Gasteiger partial charge in [-0.3, -0.25) is 0 Å². The van der Waals surface area contributed by atoms with E-state index in [1.54, 1.807) is 6.42 Å². The molecule has 0 aromatic heterocycles. The van der Waals surface area contributed by atoms with Crippen LogP contribution in [0.1, 0.15) is 59.8 Å². The minimum Gasteiger partial charge on any atom is -0.0625 e. The van der Waals surface area contributed by atoms with Crippen LogP contribution in [0, 0.1) is 29.1 Å². The van der Waals surface area contributed by atoms with Crippen LogP contribution in [0.4, 0.5) is 0 Å². The molecule has 0 aromatic carbocycles. The fourth-order valence-electron chi connectivity index (χ4n) is 4.00. The highest BCUT2D eigenvalue weighted by atomic mass is 14.5. The molecule has 2 bridgehead atoms. The zero-order valence-corrected chi connectivity index (χ0v) is 10.3. The first-order chi connectivity index (χ1) is 6.52. The molecule has 0 amide bonds. The van der Waals surface area contributed by atoms with E-state index in [0.29, 0.717) is 5.41 Å². The summed E-state index contributed by atoms with van der Waals surface area (Å²) in [5.41, 5.74) is 0.658.